The first-order chi connectivity index (χ1) is 6.93. The zero-order valence-corrected chi connectivity index (χ0v) is 26.2. The van der Waals surface area contributed by atoms with Crippen molar-refractivity contribution in [2.45, 2.75) is 0 Å². The largest absolute Gasteiger partial charge is 2.00 e. The number of hydrogen-bond donors (Lipinski definition) is 0. The molecule has 0 aliphatic carbocycles. The van der Waals surface area contributed by atoms with E-state index in [-0.39, 0.29) is 108 Å². The Morgan fingerprint density at radius 3 is 0.348 bits per heavy atom. The minimum absolute atomic E-state index is 0. The van der Waals surface area contributed by atoms with Crippen LogP contribution in [0.2, 0.25) is 0 Å². The van der Waals surface area contributed by atoms with Crippen LogP contribution in [-0.2, 0) is 97.4 Å². The summed E-state index contributed by atoms with van der Waals surface area (Å²) in [4.78, 5) is 33.3. The van der Waals surface area contributed by atoms with Gasteiger partial charge in [0, 0.05) is 0 Å². The third-order valence-corrected chi connectivity index (χ3v) is 0. The van der Waals surface area contributed by atoms with E-state index in [2.05, 4.69) is 0 Å². The quantitative estimate of drug-likeness (QED) is 0.233. The summed E-state index contributed by atoms with van der Waals surface area (Å²) in [5.41, 5.74) is 0. The van der Waals surface area contributed by atoms with Crippen LogP contribution in [0.1, 0.15) is 0 Å². The van der Waals surface area contributed by atoms with Crippen LogP contribution in [0.5, 0.6) is 0 Å². The number of carbonyl (C=O) groups is 4. The van der Waals surface area contributed by atoms with Gasteiger partial charge in [-0.05, 0) is 24.6 Å². The van der Waals surface area contributed by atoms with Gasteiger partial charge in [0.05, 0.1) is 0 Å². The van der Waals surface area contributed by atoms with Crippen molar-refractivity contribution in [2.24, 2.45) is 0 Å². The average Bonchev–Trinajstić information content (AvgIpc) is 1.76. The Labute approximate surface area is 191 Å². The standard InChI is InChI=1S/4CH2O3.2H2O.5Zn/c4*2-1(3)4;;;;;;;/h4*(H2,2,3,4);2*1H2;;;;;/q;;;;;;5*+2/p-10. The Kier molecular flexibility index (Phi) is 225. The molecule has 23 heavy (non-hydrogen) atoms. The van der Waals surface area contributed by atoms with Crippen LogP contribution in [0, 0.1) is 0 Å². The molecule has 0 rings (SSSR count). The van der Waals surface area contributed by atoms with Gasteiger partial charge in [-0.25, -0.2) is 0 Å². The molecule has 0 saturated heterocycles. The summed E-state index contributed by atoms with van der Waals surface area (Å²) in [6.07, 6.45) is -9.33. The van der Waals surface area contributed by atoms with Gasteiger partial charge in [-0.3, -0.25) is 0 Å². The molecule has 0 amide bonds. The van der Waals surface area contributed by atoms with E-state index in [0.717, 1.165) is 0 Å². The van der Waals surface area contributed by atoms with Crippen molar-refractivity contribution in [1.29, 1.82) is 0 Å². The molecular formula is C4H2O14Zn5. The van der Waals surface area contributed by atoms with E-state index in [1.807, 2.05) is 0 Å². The summed E-state index contributed by atoms with van der Waals surface area (Å²) < 4.78 is 0. The third-order valence-electron chi connectivity index (χ3n) is 0. The summed E-state index contributed by atoms with van der Waals surface area (Å²) in [6, 6.07) is 0. The second-order valence-electron chi connectivity index (χ2n) is 1.00. The van der Waals surface area contributed by atoms with E-state index in [4.69, 9.17) is 60.0 Å². The molecule has 14 nitrogen and oxygen atoms in total. The van der Waals surface area contributed by atoms with E-state index in [1.165, 1.54) is 0 Å². The van der Waals surface area contributed by atoms with Gasteiger partial charge in [0.1, 0.15) is 0 Å². The Morgan fingerprint density at radius 2 is 0.348 bits per heavy atom. The van der Waals surface area contributed by atoms with Crippen molar-refractivity contribution in [3.05, 3.63) is 0 Å². The molecule has 0 unspecified atom stereocenters. The van der Waals surface area contributed by atoms with Gasteiger partial charge in [0.2, 0.25) is 0 Å². The summed E-state index contributed by atoms with van der Waals surface area (Å²) in [7, 11) is 0. The number of hydrogen-bond acceptors (Lipinski definition) is 14. The van der Waals surface area contributed by atoms with Crippen molar-refractivity contribution < 1.29 is 168 Å². The van der Waals surface area contributed by atoms with Crippen LogP contribution in [0.3, 0.4) is 0 Å². The summed E-state index contributed by atoms with van der Waals surface area (Å²) >= 11 is 0. The van der Waals surface area contributed by atoms with E-state index >= 15 is 0 Å². The Balaban J connectivity index is -0.00000000842. The minimum atomic E-state index is -2.33. The summed E-state index contributed by atoms with van der Waals surface area (Å²) in [6.45, 7) is 0. The molecule has 0 heterocycles. The van der Waals surface area contributed by atoms with Crippen molar-refractivity contribution in [1.82, 2.24) is 0 Å². The zero-order chi connectivity index (χ0) is 14.3. The Bertz CT molecular complexity index is 171. The van der Waals surface area contributed by atoms with Crippen LogP contribution in [0.15, 0.2) is 0 Å². The van der Waals surface area contributed by atoms with Crippen LogP contribution in [0.25, 0.3) is 0 Å². The van der Waals surface area contributed by atoms with Crippen molar-refractivity contribution in [3.63, 3.8) is 0 Å². The molecule has 0 bridgehead atoms. The topological polar surface area (TPSA) is 313 Å². The molecule has 19 heteroatoms. The molecule has 0 aliphatic rings. The van der Waals surface area contributed by atoms with Gasteiger partial charge in [-0.15, -0.1) is 0 Å². The van der Waals surface area contributed by atoms with E-state index in [0.29, 0.717) is 0 Å². The molecule has 0 saturated carbocycles. The average molecular weight is 601 g/mol. The fraction of sp³-hybridized carbons (Fsp3) is 0. The van der Waals surface area contributed by atoms with Crippen molar-refractivity contribution in [3.8, 4) is 0 Å². The molecular weight excluding hydrogens is 599 g/mol. The number of carboxylic acid groups (broad SMARTS) is 8. The second kappa shape index (κ2) is 67.2. The normalized spacial score (nSPS) is 4.17. The molecule has 0 aromatic heterocycles. The number of rotatable bonds is 0. The molecule has 2 N–H and O–H groups in total. The maximum Gasteiger partial charge on any atom is 2.00 e. The van der Waals surface area contributed by atoms with E-state index in [1.54, 1.807) is 0 Å². The van der Waals surface area contributed by atoms with Gasteiger partial charge in [-0.2, -0.15) is 0 Å². The predicted octanol–water partition coefficient (Wildman–Crippen LogP) is -10.2. The Hall–Kier alpha value is 0.117. The van der Waals surface area contributed by atoms with Gasteiger partial charge in [-0.1, -0.05) is 0 Å². The van der Waals surface area contributed by atoms with Crippen molar-refractivity contribution in [2.75, 3.05) is 0 Å². The predicted molar refractivity (Wildman–Crippen MR) is 25.5 cm³/mol. The minimum Gasteiger partial charge on any atom is -0.870 e. The molecule has 0 aromatic carbocycles. The Morgan fingerprint density at radius 1 is 0.348 bits per heavy atom. The van der Waals surface area contributed by atoms with Crippen LogP contribution in [-0.4, -0.2) is 35.6 Å². The first-order valence-electron chi connectivity index (χ1n) is 2.45. The molecule has 112 valence electrons. The third kappa shape index (κ3) is 655000. The van der Waals surface area contributed by atoms with Gasteiger partial charge in [0.15, 0.2) is 0 Å². The first-order valence-corrected chi connectivity index (χ1v) is 2.45. The molecule has 0 fully saturated rings. The van der Waals surface area contributed by atoms with Crippen LogP contribution < -0.4 is 40.9 Å². The molecule has 0 spiro atoms. The summed E-state index contributed by atoms with van der Waals surface area (Å²) in [5, 5.41) is 66.7. The van der Waals surface area contributed by atoms with Gasteiger partial charge >= 0.3 is 97.4 Å². The molecule has 0 atom stereocenters. The monoisotopic (exact) mass is 594 g/mol. The maximum atomic E-state index is 8.33. The molecule has 0 radical (unpaired) electrons. The van der Waals surface area contributed by atoms with Gasteiger partial charge < -0.3 is 71.0 Å². The van der Waals surface area contributed by atoms with Crippen molar-refractivity contribution >= 4 is 24.6 Å². The SMILES string of the molecule is O=C([O-])[O-].O=C([O-])[O-].O=C([O-])[O-].O=C([O-])[O-].[OH-].[OH-].[Zn+2].[Zn+2].[Zn+2].[Zn+2].[Zn+2]. The fourth-order valence-corrected chi connectivity index (χ4v) is 0. The smallest absolute Gasteiger partial charge is 0.870 e. The zero-order valence-electron chi connectivity index (χ0n) is 11.3. The van der Waals surface area contributed by atoms with E-state index < -0.39 is 24.6 Å². The maximum absolute atomic E-state index is 8.33. The first kappa shape index (κ1) is 77.0. The van der Waals surface area contributed by atoms with Gasteiger partial charge in [0.25, 0.3) is 0 Å². The number of carbonyl (C=O) groups excluding carboxylic acids is 4. The molecule has 0 aromatic rings. The van der Waals surface area contributed by atoms with E-state index in [9.17, 15) is 0 Å². The second-order valence-corrected chi connectivity index (χ2v) is 1.00. The van der Waals surface area contributed by atoms with Crippen LogP contribution >= 0.6 is 0 Å². The summed E-state index contributed by atoms with van der Waals surface area (Å²) in [5.74, 6) is 0. The fourth-order valence-electron chi connectivity index (χ4n) is 0. The molecule has 0 aliphatic heterocycles. The van der Waals surface area contributed by atoms with Crippen LogP contribution in [0.4, 0.5) is 19.2 Å².